The van der Waals surface area contributed by atoms with E-state index in [4.69, 9.17) is 0 Å². The average Bonchev–Trinajstić information content (AvgIpc) is 2.44. The Balaban J connectivity index is 2.11. The molecule has 0 saturated heterocycles. The molecule has 0 fully saturated rings. The van der Waals surface area contributed by atoms with Crippen molar-refractivity contribution in [1.29, 1.82) is 0 Å². The fourth-order valence-electron chi connectivity index (χ4n) is 1.91. The summed E-state index contributed by atoms with van der Waals surface area (Å²) in [6.45, 7) is 9.65. The molecule has 5 nitrogen and oxygen atoms in total. The Morgan fingerprint density at radius 2 is 1.50 bits per heavy atom. The van der Waals surface area contributed by atoms with Crippen LogP contribution >= 0.6 is 0 Å². The molecule has 2 N–H and O–H groups in total. The topological polar surface area (TPSA) is 66.9 Å². The minimum absolute atomic E-state index is 0.0859. The number of carbonyl (C=O) groups is 1. The van der Waals surface area contributed by atoms with Crippen LogP contribution in [-0.2, 0) is 4.79 Å². The van der Waals surface area contributed by atoms with E-state index < -0.39 is 5.41 Å². The highest BCUT2D eigenvalue weighted by molar-refractivity contribution is 5.93. The normalized spacial score (nSPS) is 11.1. The van der Waals surface area contributed by atoms with Crippen molar-refractivity contribution in [1.82, 2.24) is 10.2 Å². The molecule has 0 radical (unpaired) electrons. The van der Waals surface area contributed by atoms with Crippen LogP contribution in [0.4, 0.5) is 17.3 Å². The highest BCUT2D eigenvalue weighted by Crippen LogP contribution is 2.23. The summed E-state index contributed by atoms with van der Waals surface area (Å²) in [6.07, 6.45) is 0. The monoisotopic (exact) mass is 298 g/mol. The molecule has 5 heteroatoms. The van der Waals surface area contributed by atoms with Crippen LogP contribution in [0.5, 0.6) is 0 Å². The Morgan fingerprint density at radius 1 is 0.955 bits per heavy atom. The second-order valence-electron chi connectivity index (χ2n) is 6.40. The number of hydrogen-bond acceptors (Lipinski definition) is 4. The van der Waals surface area contributed by atoms with Crippen LogP contribution in [0.1, 0.15) is 31.9 Å². The minimum Gasteiger partial charge on any atom is -0.338 e. The number of amides is 1. The van der Waals surface area contributed by atoms with E-state index in [1.165, 1.54) is 0 Å². The molecule has 0 bridgehead atoms. The van der Waals surface area contributed by atoms with Crippen molar-refractivity contribution in [2.45, 2.75) is 34.6 Å². The first-order chi connectivity index (χ1) is 10.3. The van der Waals surface area contributed by atoms with Gasteiger partial charge < -0.3 is 10.6 Å². The molecule has 0 aliphatic rings. The van der Waals surface area contributed by atoms with Gasteiger partial charge in [-0.25, -0.2) is 0 Å². The molecule has 1 aromatic carbocycles. The van der Waals surface area contributed by atoms with E-state index in [1.807, 2.05) is 52.8 Å². The molecule has 0 aliphatic carbocycles. The van der Waals surface area contributed by atoms with Crippen LogP contribution in [-0.4, -0.2) is 16.1 Å². The van der Waals surface area contributed by atoms with Gasteiger partial charge >= 0.3 is 0 Å². The lowest BCUT2D eigenvalue weighted by molar-refractivity contribution is -0.123. The van der Waals surface area contributed by atoms with Crippen molar-refractivity contribution in [3.63, 3.8) is 0 Å². The average molecular weight is 298 g/mol. The van der Waals surface area contributed by atoms with Gasteiger partial charge in [-0.3, -0.25) is 4.79 Å². The second-order valence-corrected chi connectivity index (χ2v) is 6.40. The van der Waals surface area contributed by atoms with Crippen LogP contribution < -0.4 is 10.6 Å². The minimum atomic E-state index is -0.461. The van der Waals surface area contributed by atoms with E-state index in [9.17, 15) is 4.79 Å². The number of benzene rings is 1. The molecule has 0 unspecified atom stereocenters. The summed E-state index contributed by atoms with van der Waals surface area (Å²) >= 11 is 0. The number of nitrogens with one attached hydrogen (secondary N) is 2. The molecule has 0 saturated carbocycles. The highest BCUT2D eigenvalue weighted by atomic mass is 16.2. The van der Waals surface area contributed by atoms with Gasteiger partial charge in [0.05, 0.1) is 0 Å². The van der Waals surface area contributed by atoms with Crippen molar-refractivity contribution < 1.29 is 4.79 Å². The van der Waals surface area contributed by atoms with Crippen LogP contribution in [0.2, 0.25) is 0 Å². The SMILES string of the molecule is Cc1cccc(C)c1Nc1ccc(NC(=O)C(C)(C)C)nn1. The van der Waals surface area contributed by atoms with E-state index in [0.29, 0.717) is 11.6 Å². The third-order valence-corrected chi connectivity index (χ3v) is 3.32. The zero-order valence-electron chi connectivity index (χ0n) is 13.7. The van der Waals surface area contributed by atoms with Gasteiger partial charge in [-0.15, -0.1) is 10.2 Å². The fraction of sp³-hybridized carbons (Fsp3) is 0.353. The molecular weight excluding hydrogens is 276 g/mol. The van der Waals surface area contributed by atoms with Gasteiger partial charge in [0, 0.05) is 11.1 Å². The second kappa shape index (κ2) is 6.13. The van der Waals surface area contributed by atoms with Crippen molar-refractivity contribution in [3.8, 4) is 0 Å². The molecule has 0 atom stereocenters. The number of aryl methyl sites for hydroxylation is 2. The molecule has 0 aliphatic heterocycles. The molecule has 2 aromatic rings. The standard InChI is InChI=1S/C17H22N4O/c1-11-7-6-8-12(2)15(11)18-13-9-10-14(21-20-13)19-16(22)17(3,4)5/h6-10H,1-5H3,(H,18,20)(H,19,21,22). The quantitative estimate of drug-likeness (QED) is 0.904. The van der Waals surface area contributed by atoms with Gasteiger partial charge in [-0.05, 0) is 37.1 Å². The van der Waals surface area contributed by atoms with Gasteiger partial charge in [0.1, 0.15) is 0 Å². The summed E-state index contributed by atoms with van der Waals surface area (Å²) in [6, 6.07) is 9.65. The maximum Gasteiger partial charge on any atom is 0.230 e. The molecule has 1 heterocycles. The lowest BCUT2D eigenvalue weighted by Gasteiger charge is -2.17. The number of nitrogens with zero attached hydrogens (tertiary/aromatic N) is 2. The maximum absolute atomic E-state index is 11.9. The number of anilines is 3. The predicted molar refractivity (Wildman–Crippen MR) is 89.3 cm³/mol. The van der Waals surface area contributed by atoms with Gasteiger partial charge in [-0.2, -0.15) is 0 Å². The first-order valence-electron chi connectivity index (χ1n) is 7.26. The number of aromatic nitrogens is 2. The third-order valence-electron chi connectivity index (χ3n) is 3.32. The smallest absolute Gasteiger partial charge is 0.230 e. The van der Waals surface area contributed by atoms with Crippen molar-refractivity contribution >= 4 is 23.2 Å². The number of hydrogen-bond donors (Lipinski definition) is 2. The molecule has 1 amide bonds. The number of para-hydroxylation sites is 1. The largest absolute Gasteiger partial charge is 0.338 e. The van der Waals surface area contributed by atoms with E-state index in [2.05, 4.69) is 20.8 Å². The summed E-state index contributed by atoms with van der Waals surface area (Å²) in [5.41, 5.74) is 2.86. The van der Waals surface area contributed by atoms with Crippen molar-refractivity contribution in [2.24, 2.45) is 5.41 Å². The molecule has 2 rings (SSSR count). The lowest BCUT2D eigenvalue weighted by Crippen LogP contribution is -2.28. The number of carbonyl (C=O) groups excluding carboxylic acids is 1. The predicted octanol–water partition coefficient (Wildman–Crippen LogP) is 3.82. The molecule has 22 heavy (non-hydrogen) atoms. The van der Waals surface area contributed by atoms with Crippen molar-refractivity contribution in [2.75, 3.05) is 10.6 Å². The van der Waals surface area contributed by atoms with Gasteiger partial charge in [-0.1, -0.05) is 39.0 Å². The Kier molecular flexibility index (Phi) is 4.45. The molecule has 1 aromatic heterocycles. The van der Waals surface area contributed by atoms with Crippen LogP contribution in [0.15, 0.2) is 30.3 Å². The zero-order chi connectivity index (χ0) is 16.3. The summed E-state index contributed by atoms with van der Waals surface area (Å²) in [5.74, 6) is 1.01. The van der Waals surface area contributed by atoms with Gasteiger partial charge in [0.15, 0.2) is 11.6 Å². The van der Waals surface area contributed by atoms with E-state index in [0.717, 1.165) is 16.8 Å². The van der Waals surface area contributed by atoms with Gasteiger partial charge in [0.25, 0.3) is 0 Å². The fourth-order valence-corrected chi connectivity index (χ4v) is 1.91. The molecular formula is C17H22N4O. The van der Waals surface area contributed by atoms with E-state index >= 15 is 0 Å². The van der Waals surface area contributed by atoms with Crippen LogP contribution in [0.25, 0.3) is 0 Å². The molecule has 0 spiro atoms. The molecule has 116 valence electrons. The third kappa shape index (κ3) is 3.81. The summed E-state index contributed by atoms with van der Waals surface area (Å²) in [7, 11) is 0. The lowest BCUT2D eigenvalue weighted by atomic mass is 9.96. The summed E-state index contributed by atoms with van der Waals surface area (Å²) < 4.78 is 0. The Morgan fingerprint density at radius 3 is 2.00 bits per heavy atom. The van der Waals surface area contributed by atoms with Crippen molar-refractivity contribution in [3.05, 3.63) is 41.5 Å². The van der Waals surface area contributed by atoms with Crippen LogP contribution in [0, 0.1) is 19.3 Å². The first-order valence-corrected chi connectivity index (χ1v) is 7.26. The summed E-state index contributed by atoms with van der Waals surface area (Å²) in [5, 5.41) is 14.2. The van der Waals surface area contributed by atoms with E-state index in [-0.39, 0.29) is 5.91 Å². The Bertz CT molecular complexity index is 652. The highest BCUT2D eigenvalue weighted by Gasteiger charge is 2.21. The Hall–Kier alpha value is -2.43. The maximum atomic E-state index is 11.9. The first kappa shape index (κ1) is 15.9. The Labute approximate surface area is 131 Å². The van der Waals surface area contributed by atoms with Crippen LogP contribution in [0.3, 0.4) is 0 Å². The summed E-state index contributed by atoms with van der Waals surface area (Å²) in [4.78, 5) is 11.9. The van der Waals surface area contributed by atoms with E-state index in [1.54, 1.807) is 12.1 Å². The van der Waals surface area contributed by atoms with Gasteiger partial charge in [0.2, 0.25) is 5.91 Å². The number of rotatable bonds is 3. The zero-order valence-corrected chi connectivity index (χ0v) is 13.7.